The molecule has 33 heavy (non-hydrogen) atoms. The molecule has 8 heteroatoms. The fourth-order valence-electron chi connectivity index (χ4n) is 6.56. The number of likely N-dealkylation sites (tertiary alicyclic amines) is 3. The van der Waals surface area contributed by atoms with Gasteiger partial charge in [-0.25, -0.2) is 4.39 Å². The zero-order valence-corrected chi connectivity index (χ0v) is 18.9. The molecule has 1 aromatic rings. The first-order valence-corrected chi connectivity index (χ1v) is 12.3. The molecule has 2 N–H and O–H groups in total. The lowest BCUT2D eigenvalue weighted by molar-refractivity contribution is -0.142. The molecule has 3 aliphatic heterocycles. The molecule has 0 radical (unpaired) electrons. The Bertz CT molecular complexity index is 941. The molecule has 0 unspecified atom stereocenters. The smallest absolute Gasteiger partial charge is 0.241 e. The summed E-state index contributed by atoms with van der Waals surface area (Å²) in [5.41, 5.74) is 7.28. The molecular weight excluding hydrogens is 421 g/mol. The molecule has 4 aliphatic rings. The van der Waals surface area contributed by atoms with Crippen molar-refractivity contribution in [3.8, 4) is 6.07 Å². The van der Waals surface area contributed by atoms with E-state index in [9.17, 15) is 19.2 Å². The Kier molecular flexibility index (Phi) is 6.11. The summed E-state index contributed by atoms with van der Waals surface area (Å²) in [5, 5.41) is 9.29. The van der Waals surface area contributed by atoms with Crippen molar-refractivity contribution in [2.24, 2.45) is 11.7 Å². The summed E-state index contributed by atoms with van der Waals surface area (Å²) < 4.78 is 13.6. The second-order valence-electron chi connectivity index (χ2n) is 10.1. The first kappa shape index (κ1) is 22.3. The highest BCUT2D eigenvalue weighted by molar-refractivity contribution is 5.87. The summed E-state index contributed by atoms with van der Waals surface area (Å²) in [7, 11) is 0. The highest BCUT2D eigenvalue weighted by Crippen LogP contribution is 2.45. The fourth-order valence-corrected chi connectivity index (χ4v) is 6.56. The largest absolute Gasteiger partial charge is 0.330 e. The predicted octanol–water partition coefficient (Wildman–Crippen LogP) is 2.18. The molecule has 3 heterocycles. The van der Waals surface area contributed by atoms with Crippen LogP contribution in [-0.2, 0) is 9.59 Å². The van der Waals surface area contributed by atoms with Gasteiger partial charge in [-0.15, -0.1) is 0 Å². The van der Waals surface area contributed by atoms with E-state index in [1.54, 1.807) is 4.90 Å². The van der Waals surface area contributed by atoms with Crippen LogP contribution in [0.4, 0.5) is 4.39 Å². The van der Waals surface area contributed by atoms with Crippen molar-refractivity contribution in [3.05, 3.63) is 35.6 Å². The number of amides is 2. The summed E-state index contributed by atoms with van der Waals surface area (Å²) in [4.78, 5) is 32.1. The molecule has 1 aromatic carbocycles. The maximum absolute atomic E-state index is 13.6. The Balaban J connectivity index is 1.29. The summed E-state index contributed by atoms with van der Waals surface area (Å²) in [5.74, 6) is 0.0401. The highest BCUT2D eigenvalue weighted by atomic mass is 19.1. The fraction of sp³-hybridized carbons (Fsp3) is 0.640. The summed E-state index contributed by atoms with van der Waals surface area (Å²) in [6.45, 7) is 1.60. The molecule has 0 aromatic heterocycles. The molecule has 3 saturated heterocycles. The van der Waals surface area contributed by atoms with E-state index < -0.39 is 12.1 Å². The standard InChI is InChI=1S/C25H32FN5O2/c26-18-9-7-17(8-10-18)23(16-4-1-2-5-16)31-20-12-22(25(31)33)29(14-20)15-21(28)24(32)30-11-3-6-19(30)13-27/h7-10,16,19-23H,1-6,11-12,14-15,28H2/t19-,20+,21-,22+,23-/m0/s1. The van der Waals surface area contributed by atoms with Crippen LogP contribution in [0.3, 0.4) is 0 Å². The van der Waals surface area contributed by atoms with Gasteiger partial charge in [0, 0.05) is 25.7 Å². The number of nitriles is 1. The van der Waals surface area contributed by atoms with Gasteiger partial charge in [-0.05, 0) is 55.7 Å². The van der Waals surface area contributed by atoms with Gasteiger partial charge in [0.05, 0.1) is 24.2 Å². The van der Waals surface area contributed by atoms with E-state index in [1.165, 1.54) is 25.0 Å². The molecule has 0 spiro atoms. The molecule has 5 rings (SSSR count). The van der Waals surface area contributed by atoms with Crippen LogP contribution in [-0.4, -0.2) is 70.3 Å². The zero-order chi connectivity index (χ0) is 23.1. The summed E-state index contributed by atoms with van der Waals surface area (Å²) >= 11 is 0. The number of piperazine rings is 1. The van der Waals surface area contributed by atoms with Gasteiger partial charge in [0.15, 0.2) is 0 Å². The van der Waals surface area contributed by atoms with Crippen LogP contribution in [0.5, 0.6) is 0 Å². The number of nitrogens with two attached hydrogens (primary N) is 1. The van der Waals surface area contributed by atoms with E-state index in [-0.39, 0.29) is 35.8 Å². The van der Waals surface area contributed by atoms with Gasteiger partial charge < -0.3 is 15.5 Å². The second-order valence-corrected chi connectivity index (χ2v) is 10.1. The third-order valence-electron chi connectivity index (χ3n) is 8.11. The quantitative estimate of drug-likeness (QED) is 0.713. The van der Waals surface area contributed by atoms with Crippen LogP contribution < -0.4 is 5.73 Å². The van der Waals surface area contributed by atoms with E-state index in [1.807, 2.05) is 12.1 Å². The van der Waals surface area contributed by atoms with E-state index in [4.69, 9.17) is 5.73 Å². The third-order valence-corrected chi connectivity index (χ3v) is 8.11. The minimum absolute atomic E-state index is 0.0194. The van der Waals surface area contributed by atoms with Crippen molar-refractivity contribution < 1.29 is 14.0 Å². The topological polar surface area (TPSA) is 93.7 Å². The lowest BCUT2D eigenvalue weighted by Crippen LogP contribution is -2.57. The predicted molar refractivity (Wildman–Crippen MR) is 120 cm³/mol. The van der Waals surface area contributed by atoms with Crippen molar-refractivity contribution in [2.75, 3.05) is 19.6 Å². The maximum Gasteiger partial charge on any atom is 0.241 e. The Labute approximate surface area is 194 Å². The van der Waals surface area contributed by atoms with Crippen LogP contribution in [0, 0.1) is 23.1 Å². The van der Waals surface area contributed by atoms with Crippen molar-refractivity contribution in [1.29, 1.82) is 5.26 Å². The van der Waals surface area contributed by atoms with E-state index >= 15 is 0 Å². The number of hydrogen-bond donors (Lipinski definition) is 1. The van der Waals surface area contributed by atoms with E-state index in [2.05, 4.69) is 15.9 Å². The molecule has 4 fully saturated rings. The normalized spacial score (nSPS) is 29.6. The summed E-state index contributed by atoms with van der Waals surface area (Å²) in [6, 6.07) is 7.49. The van der Waals surface area contributed by atoms with Crippen LogP contribution in [0.25, 0.3) is 0 Å². The minimum Gasteiger partial charge on any atom is -0.330 e. The maximum atomic E-state index is 13.6. The molecule has 1 saturated carbocycles. The average Bonchev–Trinajstić information content (AvgIpc) is 3.60. The Hall–Kier alpha value is -2.50. The molecule has 7 nitrogen and oxygen atoms in total. The van der Waals surface area contributed by atoms with Gasteiger partial charge in [-0.1, -0.05) is 25.0 Å². The van der Waals surface area contributed by atoms with E-state index in [0.29, 0.717) is 32.0 Å². The third kappa shape index (κ3) is 4.02. The number of halogens is 1. The van der Waals surface area contributed by atoms with Crippen LogP contribution in [0.1, 0.15) is 56.6 Å². The monoisotopic (exact) mass is 453 g/mol. The van der Waals surface area contributed by atoms with Gasteiger partial charge in [-0.2, -0.15) is 5.26 Å². The van der Waals surface area contributed by atoms with Crippen LogP contribution in [0.15, 0.2) is 24.3 Å². The van der Waals surface area contributed by atoms with Gasteiger partial charge in [0.25, 0.3) is 0 Å². The Morgan fingerprint density at radius 2 is 1.91 bits per heavy atom. The first-order valence-electron chi connectivity index (χ1n) is 12.3. The molecular formula is C25H32FN5O2. The van der Waals surface area contributed by atoms with Gasteiger partial charge >= 0.3 is 0 Å². The molecule has 2 amide bonds. The van der Waals surface area contributed by atoms with Gasteiger partial charge in [0.1, 0.15) is 11.9 Å². The Morgan fingerprint density at radius 1 is 1.18 bits per heavy atom. The molecule has 5 atom stereocenters. The minimum atomic E-state index is -0.734. The lowest BCUT2D eigenvalue weighted by Gasteiger charge is -2.42. The van der Waals surface area contributed by atoms with Crippen LogP contribution in [0.2, 0.25) is 0 Å². The molecule has 176 valence electrons. The summed E-state index contributed by atoms with van der Waals surface area (Å²) in [6.07, 6.45) is 6.77. The van der Waals surface area contributed by atoms with Crippen LogP contribution >= 0.6 is 0 Å². The second kappa shape index (κ2) is 9.03. The Morgan fingerprint density at radius 3 is 2.58 bits per heavy atom. The first-order chi connectivity index (χ1) is 16.0. The molecule has 1 aliphatic carbocycles. The number of hydrogen-bond acceptors (Lipinski definition) is 5. The van der Waals surface area contributed by atoms with Crippen molar-refractivity contribution in [1.82, 2.24) is 14.7 Å². The van der Waals surface area contributed by atoms with Crippen molar-refractivity contribution >= 4 is 11.8 Å². The van der Waals surface area contributed by atoms with Gasteiger partial charge in [-0.3, -0.25) is 14.5 Å². The number of benzene rings is 1. The van der Waals surface area contributed by atoms with E-state index in [0.717, 1.165) is 31.2 Å². The van der Waals surface area contributed by atoms with Gasteiger partial charge in [0.2, 0.25) is 11.8 Å². The number of nitrogens with zero attached hydrogens (tertiary/aromatic N) is 4. The SMILES string of the molecule is N#C[C@@H]1CCCN1C(=O)[C@@H](N)CN1C[C@H]2C[C@@H]1C(=O)N2[C@H](c1ccc(F)cc1)C1CCCC1. The number of rotatable bonds is 6. The highest BCUT2D eigenvalue weighted by Gasteiger charge is 2.53. The lowest BCUT2D eigenvalue weighted by atomic mass is 9.89. The zero-order valence-electron chi connectivity index (χ0n) is 18.9. The number of fused-ring (bicyclic) bond motifs is 2. The van der Waals surface area contributed by atoms with Crippen molar-refractivity contribution in [2.45, 2.75) is 75.2 Å². The number of carbonyl (C=O) groups is 2. The van der Waals surface area contributed by atoms with Crippen molar-refractivity contribution in [3.63, 3.8) is 0 Å². The number of carbonyl (C=O) groups excluding carboxylic acids is 2. The average molecular weight is 454 g/mol. The molecule has 2 bridgehead atoms.